The van der Waals surface area contributed by atoms with Gasteiger partial charge in [0, 0.05) is 12.8 Å². The number of nitrogens with one attached hydrogen (secondary N) is 1. The number of rotatable bonds is 4. The second kappa shape index (κ2) is 6.02. The van der Waals surface area contributed by atoms with Gasteiger partial charge in [0.1, 0.15) is 5.78 Å². The van der Waals surface area contributed by atoms with Gasteiger partial charge in [0.2, 0.25) is 5.91 Å². The number of nitrogens with zero attached hydrogens (tertiary/aromatic N) is 1. The number of carbonyl (C=O) groups excluding carboxylic acids is 2. The molecule has 0 unspecified atom stereocenters. The highest BCUT2D eigenvalue weighted by Crippen LogP contribution is 2.22. The van der Waals surface area contributed by atoms with Crippen molar-refractivity contribution in [1.29, 1.82) is 5.26 Å². The Bertz CT molecular complexity index is 492. The molecule has 0 heterocycles. The summed E-state index contributed by atoms with van der Waals surface area (Å²) in [5.74, 6) is -0.308. The van der Waals surface area contributed by atoms with Crippen LogP contribution in [0.4, 0.5) is 5.69 Å². The zero-order valence-electron chi connectivity index (χ0n) is 9.29. The molecule has 0 aliphatic heterocycles. The molecule has 0 radical (unpaired) electrons. The van der Waals surface area contributed by atoms with E-state index in [2.05, 4.69) is 5.32 Å². The van der Waals surface area contributed by atoms with E-state index in [1.54, 1.807) is 12.1 Å². The summed E-state index contributed by atoms with van der Waals surface area (Å²) in [6.45, 7) is 1.43. The summed E-state index contributed by atoms with van der Waals surface area (Å²) < 4.78 is 0. The SMILES string of the molecule is CC(=O)CCC(=O)Nc1ccc(C#N)cc1Cl. The van der Waals surface area contributed by atoms with Gasteiger partial charge in [0.25, 0.3) is 0 Å². The average molecular weight is 251 g/mol. The van der Waals surface area contributed by atoms with E-state index in [0.29, 0.717) is 16.3 Å². The number of halogens is 1. The van der Waals surface area contributed by atoms with Crippen molar-refractivity contribution >= 4 is 29.0 Å². The number of amides is 1. The molecule has 0 spiro atoms. The fourth-order valence-corrected chi connectivity index (χ4v) is 1.42. The molecule has 0 atom stereocenters. The Hall–Kier alpha value is -1.86. The minimum Gasteiger partial charge on any atom is -0.325 e. The highest BCUT2D eigenvalue weighted by Gasteiger charge is 2.07. The van der Waals surface area contributed by atoms with Gasteiger partial charge in [-0.3, -0.25) is 4.79 Å². The molecule has 1 aromatic carbocycles. The number of benzene rings is 1. The minimum atomic E-state index is -0.271. The molecular weight excluding hydrogens is 240 g/mol. The third-order valence-electron chi connectivity index (χ3n) is 2.08. The normalized spacial score (nSPS) is 9.47. The van der Waals surface area contributed by atoms with Gasteiger partial charge in [-0.1, -0.05) is 11.6 Å². The van der Waals surface area contributed by atoms with Gasteiger partial charge >= 0.3 is 0 Å². The van der Waals surface area contributed by atoms with E-state index in [0.717, 1.165) is 0 Å². The third-order valence-corrected chi connectivity index (χ3v) is 2.39. The number of hydrogen-bond donors (Lipinski definition) is 1. The Labute approximate surface area is 104 Å². The Balaban J connectivity index is 2.66. The van der Waals surface area contributed by atoms with Crippen LogP contribution in [0, 0.1) is 11.3 Å². The van der Waals surface area contributed by atoms with Crippen LogP contribution in [0.2, 0.25) is 5.02 Å². The molecule has 0 aromatic heterocycles. The first-order chi connectivity index (χ1) is 8.02. The maximum Gasteiger partial charge on any atom is 0.224 e. The van der Waals surface area contributed by atoms with Crippen LogP contribution >= 0.6 is 11.6 Å². The van der Waals surface area contributed by atoms with Crippen molar-refractivity contribution in [3.63, 3.8) is 0 Å². The predicted octanol–water partition coefficient (Wildman–Crippen LogP) is 2.52. The first-order valence-corrected chi connectivity index (χ1v) is 5.39. The monoisotopic (exact) mass is 250 g/mol. The van der Waals surface area contributed by atoms with E-state index in [-0.39, 0.29) is 24.5 Å². The fraction of sp³-hybridized carbons (Fsp3) is 0.250. The van der Waals surface area contributed by atoms with E-state index in [4.69, 9.17) is 16.9 Å². The average Bonchev–Trinajstić information content (AvgIpc) is 2.29. The first kappa shape index (κ1) is 13.2. The second-order valence-electron chi connectivity index (χ2n) is 3.56. The van der Waals surface area contributed by atoms with Gasteiger partial charge in [-0.15, -0.1) is 0 Å². The quantitative estimate of drug-likeness (QED) is 0.893. The molecule has 1 amide bonds. The van der Waals surface area contributed by atoms with E-state index in [9.17, 15) is 9.59 Å². The standard InChI is InChI=1S/C12H11ClN2O2/c1-8(16)2-5-12(17)15-11-4-3-9(7-14)6-10(11)13/h3-4,6H,2,5H2,1H3,(H,15,17). The molecule has 0 aliphatic carbocycles. The molecule has 0 saturated heterocycles. The van der Waals surface area contributed by atoms with E-state index < -0.39 is 0 Å². The second-order valence-corrected chi connectivity index (χ2v) is 3.96. The number of Topliss-reactive ketones (excluding diaryl/α,β-unsaturated/α-hetero) is 1. The number of ketones is 1. The van der Waals surface area contributed by atoms with Crippen molar-refractivity contribution in [3.05, 3.63) is 28.8 Å². The maximum absolute atomic E-state index is 11.4. The van der Waals surface area contributed by atoms with Crippen molar-refractivity contribution in [3.8, 4) is 6.07 Å². The van der Waals surface area contributed by atoms with Gasteiger partial charge in [-0.2, -0.15) is 5.26 Å². The molecule has 4 nitrogen and oxygen atoms in total. The zero-order chi connectivity index (χ0) is 12.8. The molecule has 1 aromatic rings. The molecule has 0 saturated carbocycles. The van der Waals surface area contributed by atoms with Crippen LogP contribution in [0.5, 0.6) is 0 Å². The number of hydrogen-bond acceptors (Lipinski definition) is 3. The number of anilines is 1. The van der Waals surface area contributed by atoms with Gasteiger partial charge in [-0.05, 0) is 25.1 Å². The van der Waals surface area contributed by atoms with Crippen LogP contribution in [-0.4, -0.2) is 11.7 Å². The van der Waals surface area contributed by atoms with Crippen LogP contribution in [0.25, 0.3) is 0 Å². The van der Waals surface area contributed by atoms with Gasteiger partial charge < -0.3 is 10.1 Å². The van der Waals surface area contributed by atoms with Gasteiger partial charge in [0.05, 0.1) is 22.3 Å². The largest absolute Gasteiger partial charge is 0.325 e. The molecule has 0 aliphatic rings. The van der Waals surface area contributed by atoms with Crippen molar-refractivity contribution in [2.24, 2.45) is 0 Å². The summed E-state index contributed by atoms with van der Waals surface area (Å²) in [4.78, 5) is 22.1. The van der Waals surface area contributed by atoms with Gasteiger partial charge in [-0.25, -0.2) is 0 Å². The highest BCUT2D eigenvalue weighted by molar-refractivity contribution is 6.33. The Morgan fingerprint density at radius 3 is 2.65 bits per heavy atom. The summed E-state index contributed by atoms with van der Waals surface area (Å²) in [7, 11) is 0. The summed E-state index contributed by atoms with van der Waals surface area (Å²) in [5, 5.41) is 11.5. The molecule has 17 heavy (non-hydrogen) atoms. The van der Waals surface area contributed by atoms with Crippen molar-refractivity contribution < 1.29 is 9.59 Å². The van der Waals surface area contributed by atoms with Crippen molar-refractivity contribution in [2.45, 2.75) is 19.8 Å². The lowest BCUT2D eigenvalue weighted by Gasteiger charge is -2.06. The lowest BCUT2D eigenvalue weighted by atomic mass is 10.2. The summed E-state index contributed by atoms with van der Waals surface area (Å²) in [6.07, 6.45) is 0.339. The third kappa shape index (κ3) is 4.25. The van der Waals surface area contributed by atoms with Crippen LogP contribution in [0.3, 0.4) is 0 Å². The number of carbonyl (C=O) groups is 2. The lowest BCUT2D eigenvalue weighted by Crippen LogP contribution is -2.12. The molecular formula is C12H11ClN2O2. The van der Waals surface area contributed by atoms with Crippen molar-refractivity contribution in [1.82, 2.24) is 0 Å². The fourth-order valence-electron chi connectivity index (χ4n) is 1.19. The van der Waals surface area contributed by atoms with E-state index >= 15 is 0 Å². The molecule has 1 N–H and O–H groups in total. The lowest BCUT2D eigenvalue weighted by molar-refractivity contribution is -0.121. The minimum absolute atomic E-state index is 0.0360. The summed E-state index contributed by atoms with van der Waals surface area (Å²) in [6, 6.07) is 6.54. The molecule has 5 heteroatoms. The highest BCUT2D eigenvalue weighted by atomic mass is 35.5. The molecule has 0 fully saturated rings. The van der Waals surface area contributed by atoms with Crippen LogP contribution in [0.15, 0.2) is 18.2 Å². The van der Waals surface area contributed by atoms with Crippen molar-refractivity contribution in [2.75, 3.05) is 5.32 Å². The summed E-state index contributed by atoms with van der Waals surface area (Å²) in [5.41, 5.74) is 0.871. The van der Waals surface area contributed by atoms with Gasteiger partial charge in [0.15, 0.2) is 0 Å². The first-order valence-electron chi connectivity index (χ1n) is 5.02. The predicted molar refractivity (Wildman–Crippen MR) is 64.7 cm³/mol. The maximum atomic E-state index is 11.4. The molecule has 0 bridgehead atoms. The Morgan fingerprint density at radius 1 is 1.41 bits per heavy atom. The zero-order valence-corrected chi connectivity index (χ0v) is 10.0. The van der Waals surface area contributed by atoms with E-state index in [1.807, 2.05) is 6.07 Å². The molecule has 1 rings (SSSR count). The van der Waals surface area contributed by atoms with Crippen LogP contribution in [-0.2, 0) is 9.59 Å². The smallest absolute Gasteiger partial charge is 0.224 e. The Kier molecular flexibility index (Phi) is 4.68. The molecule has 88 valence electrons. The van der Waals surface area contributed by atoms with E-state index in [1.165, 1.54) is 13.0 Å². The Morgan fingerprint density at radius 2 is 2.12 bits per heavy atom. The topological polar surface area (TPSA) is 70.0 Å². The summed E-state index contributed by atoms with van der Waals surface area (Å²) >= 11 is 5.88. The van der Waals surface area contributed by atoms with Crippen LogP contribution < -0.4 is 5.32 Å². The number of nitriles is 1. The van der Waals surface area contributed by atoms with Crippen LogP contribution in [0.1, 0.15) is 25.3 Å².